The van der Waals surface area contributed by atoms with Crippen LogP contribution in [0.2, 0.25) is 5.82 Å². The van der Waals surface area contributed by atoms with Crippen molar-refractivity contribution in [3.63, 3.8) is 0 Å². The third-order valence-electron chi connectivity index (χ3n) is 18.2. The number of hydrogen-bond acceptors (Lipinski definition) is 14. The maximum Gasteiger partial charge on any atom is 2.00 e. The predicted octanol–water partition coefficient (Wildman–Crippen LogP) is 12.9. The van der Waals surface area contributed by atoms with Gasteiger partial charge in [0.15, 0.2) is 6.29 Å². The van der Waals surface area contributed by atoms with E-state index in [1.54, 1.807) is 65.7 Å². The van der Waals surface area contributed by atoms with Crippen LogP contribution in [-0.4, -0.2) is 144 Å². The Bertz CT molecular complexity index is 4130. The molecular formula is C75H104B3ClIMgN10NaO9. The Morgan fingerprint density at radius 3 is 1.40 bits per heavy atom. The van der Waals surface area contributed by atoms with Crippen LogP contribution < -0.4 is 29.6 Å². The molecule has 26 heteroatoms. The normalized spacial score (nSPS) is 15.8. The minimum absolute atomic E-state index is 0. The number of fused-ring (bicyclic) bond motifs is 5. The number of pyridine rings is 5. The van der Waals surface area contributed by atoms with Gasteiger partial charge in [-0.3, -0.25) is 18.0 Å². The van der Waals surface area contributed by atoms with Crippen molar-refractivity contribution in [1.29, 1.82) is 0 Å². The van der Waals surface area contributed by atoms with Gasteiger partial charge in [-0.2, -0.15) is 12.8 Å². The van der Waals surface area contributed by atoms with Crippen LogP contribution >= 0.6 is 35.0 Å². The third kappa shape index (κ3) is 24.7. The largest absolute Gasteiger partial charge is 2.00 e. The molecule has 4 N–H and O–H groups in total. The number of halogens is 2. The van der Waals surface area contributed by atoms with Gasteiger partial charge in [0.05, 0.1) is 128 Å². The fourth-order valence-electron chi connectivity index (χ4n) is 12.3. The van der Waals surface area contributed by atoms with Crippen LogP contribution in [0.4, 0.5) is 0 Å². The molecule has 7 fully saturated rings. The van der Waals surface area contributed by atoms with Crippen molar-refractivity contribution in [2.75, 3.05) is 13.2 Å². The zero-order chi connectivity index (χ0) is 64.8. The molecule has 534 valence electrons. The molecular weight excluding hydrogens is 1430 g/mol. The SMILES string of the molecule is C.C.C.C.CCOC(=O)c1cc(C2CC2)cc2cncn12.CCOC(=O)c1cc(I)cc2cncn12.Cl.O=Cc1cc(C2CC2)cc2cncn12.OC(c1cc(C2CC2)cc2cncn12)C1CCCCC1.OCc1cc(C2CC2)cc2cncn12.O[B]B(O)C1CC1.[B].[CH-]1CCCCC1.[H-].[H-].[Mg+2].[Na+]. The molecule has 7 aliphatic rings. The zero-order valence-electron chi connectivity index (χ0n) is 58.0. The number of hydrogen-bond donors (Lipinski definition) is 4. The first-order chi connectivity index (χ1) is 45.4. The molecule has 7 saturated carbocycles. The molecule has 0 spiro atoms. The second kappa shape index (κ2) is 44.0. The fraction of sp³-hybridized carbons (Fsp3) is 0.480. The van der Waals surface area contributed by atoms with Crippen LogP contribution in [0.1, 0.15) is 270 Å². The summed E-state index contributed by atoms with van der Waals surface area (Å²) in [7, 11) is 0.859. The quantitative estimate of drug-likeness (QED) is 0.0261. The molecule has 0 bridgehead atoms. The number of ether oxygens (including phenoxy) is 2. The number of esters is 2. The van der Waals surface area contributed by atoms with Crippen molar-refractivity contribution in [2.45, 2.75) is 214 Å². The summed E-state index contributed by atoms with van der Waals surface area (Å²) < 4.78 is 20.4. The van der Waals surface area contributed by atoms with Crippen LogP contribution in [0.3, 0.4) is 0 Å². The van der Waals surface area contributed by atoms with E-state index in [0.29, 0.717) is 59.8 Å². The maximum atomic E-state index is 11.9. The van der Waals surface area contributed by atoms with E-state index in [2.05, 4.69) is 94.7 Å². The topological polar surface area (TPSA) is 237 Å². The van der Waals surface area contributed by atoms with Gasteiger partial charge in [-0.15, -0.1) is 12.4 Å². The second-order valence-electron chi connectivity index (χ2n) is 25.4. The summed E-state index contributed by atoms with van der Waals surface area (Å²) in [4.78, 5) is 54.8. The van der Waals surface area contributed by atoms with Crippen LogP contribution in [0.25, 0.3) is 27.6 Å². The number of aldehydes is 1. The second-order valence-corrected chi connectivity index (χ2v) is 26.7. The number of carbonyl (C=O) groups is 3. The van der Waals surface area contributed by atoms with Crippen molar-refractivity contribution in [2.24, 2.45) is 5.92 Å². The predicted molar refractivity (Wildman–Crippen MR) is 416 cm³/mol. The minimum Gasteiger partial charge on any atom is -1.00 e. The van der Waals surface area contributed by atoms with E-state index in [-0.39, 0.29) is 131 Å². The van der Waals surface area contributed by atoms with Crippen molar-refractivity contribution in [3.05, 3.63) is 184 Å². The van der Waals surface area contributed by atoms with Gasteiger partial charge in [-0.05, 0) is 219 Å². The first kappa shape index (κ1) is 90.1. The van der Waals surface area contributed by atoms with Crippen LogP contribution in [0.15, 0.2) is 123 Å². The molecule has 0 aliphatic heterocycles. The Labute approximate surface area is 661 Å². The summed E-state index contributed by atoms with van der Waals surface area (Å²) in [5.41, 5.74) is 14.1. The van der Waals surface area contributed by atoms with Gasteiger partial charge >= 0.3 is 64.5 Å². The molecule has 0 saturated heterocycles. The number of imidazole rings is 5. The van der Waals surface area contributed by atoms with Crippen molar-refractivity contribution in [3.8, 4) is 0 Å². The van der Waals surface area contributed by atoms with Crippen LogP contribution in [-0.2, 0) is 16.1 Å². The number of rotatable bonds is 14. The molecule has 1 atom stereocenters. The number of aliphatic hydroxyl groups is 2. The van der Waals surface area contributed by atoms with E-state index in [1.807, 2.05) is 52.6 Å². The monoisotopic (exact) mass is 1530 g/mol. The smallest absolute Gasteiger partial charge is 1.00 e. The summed E-state index contributed by atoms with van der Waals surface area (Å²) in [5.74, 6) is 2.91. The summed E-state index contributed by atoms with van der Waals surface area (Å²) in [5, 5.41) is 36.9. The molecule has 0 aromatic carbocycles. The number of nitrogens with zero attached hydrogens (tertiary/aromatic N) is 10. The van der Waals surface area contributed by atoms with Crippen molar-refractivity contribution < 1.29 is 76.5 Å². The Morgan fingerprint density at radius 2 is 0.980 bits per heavy atom. The van der Waals surface area contributed by atoms with Gasteiger partial charge in [0.1, 0.15) is 11.4 Å². The molecule has 10 aromatic heterocycles. The first-order valence-corrected chi connectivity index (χ1v) is 34.5. The Morgan fingerprint density at radius 1 is 0.584 bits per heavy atom. The Hall–Kier alpha value is -5.12. The molecule has 7 aliphatic carbocycles. The standard InChI is InChI=1S/C17H22N2O.C13H14N2O2.C11H12N2O.C11H10N2O.C10H9IN2O2.C6H11.C3H7B2O2.4CH4.B.ClH.Mg.Na.2H/c20-17(13-4-2-1-3-5-13)16-9-14(12-6-7-12)8-15-10-18-11-19(15)16;1-2-17-13(16)12-6-10(9-3-4-9)5-11-7-14-8-15(11)12;2*14-6-11-4-9(8-1-2-8)3-10-5-12-7-13(10)11;1-2-15-10(14)9-4-7(11)3-8-5-12-6-13(8)9;1-2-4-6-5-3-1;6-4-5(7)3-1-2-3;;;;;;;;;;/h8-13,17,20H,1-7H2;5-9H,2-4H2,1H3;3-5,7-8,14H,1-2,6H2;3-8H,1-2H2;3-6H,2H2,1H3;1H,2-6H2;3,6-7H,1-2H2;4*1H4;;1H;;;;/q;;;;;-1;;;;;;;;+2;+1;2*-1. The van der Waals surface area contributed by atoms with E-state index in [4.69, 9.17) is 19.5 Å². The molecule has 0 amide bonds. The molecule has 1 unspecified atom stereocenters. The van der Waals surface area contributed by atoms with Crippen LogP contribution in [0.5, 0.6) is 0 Å². The third-order valence-corrected chi connectivity index (χ3v) is 18.8. The van der Waals surface area contributed by atoms with Gasteiger partial charge < -0.3 is 47.8 Å². The van der Waals surface area contributed by atoms with Gasteiger partial charge in [0.2, 0.25) is 0 Å². The molecule has 10 heterocycles. The van der Waals surface area contributed by atoms with E-state index >= 15 is 0 Å². The van der Waals surface area contributed by atoms with Gasteiger partial charge in [-0.1, -0.05) is 81.1 Å². The number of aliphatic hydroxyl groups excluding tert-OH is 2. The van der Waals surface area contributed by atoms with Crippen molar-refractivity contribution in [1.82, 2.24) is 46.9 Å². The number of carbonyl (C=O) groups excluding carboxylic acids is 3. The van der Waals surface area contributed by atoms with Crippen molar-refractivity contribution >= 4 is 126 Å². The average molecular weight is 1530 g/mol. The average Bonchev–Trinajstić information content (AvgIpc) is 1.70. The summed E-state index contributed by atoms with van der Waals surface area (Å²) >= 11 is 2.16. The first-order valence-electron chi connectivity index (χ1n) is 33.5. The summed E-state index contributed by atoms with van der Waals surface area (Å²) in [6.45, 7) is 3.89. The minimum atomic E-state index is -0.556. The summed E-state index contributed by atoms with van der Waals surface area (Å²) in [6, 6.07) is 20.6. The van der Waals surface area contributed by atoms with E-state index in [1.165, 1.54) is 125 Å². The molecule has 4 radical (unpaired) electrons. The van der Waals surface area contributed by atoms with E-state index in [0.717, 1.165) is 87.8 Å². The molecule has 10 aromatic rings. The number of aromatic nitrogens is 10. The van der Waals surface area contributed by atoms with E-state index < -0.39 is 6.81 Å². The van der Waals surface area contributed by atoms with Crippen LogP contribution in [0, 0.1) is 15.9 Å². The summed E-state index contributed by atoms with van der Waals surface area (Å²) in [6.07, 6.45) is 46.0. The molecule has 101 heavy (non-hydrogen) atoms. The van der Waals surface area contributed by atoms with E-state index in [9.17, 15) is 24.6 Å². The molecule has 19 nitrogen and oxygen atoms in total. The Kier molecular flexibility index (Phi) is 39.2. The Balaban J connectivity index is 0.000000605. The van der Waals surface area contributed by atoms with Gasteiger partial charge in [-0.25, -0.2) is 34.5 Å². The molecule has 17 rings (SSSR count). The fourth-order valence-corrected chi connectivity index (χ4v) is 12.9. The zero-order valence-corrected chi connectivity index (χ0v) is 62.4. The van der Waals surface area contributed by atoms with Gasteiger partial charge in [0, 0.05) is 17.7 Å². The van der Waals surface area contributed by atoms with Gasteiger partial charge in [0.25, 0.3) is 14.2 Å². The maximum absolute atomic E-state index is 11.9.